The summed E-state index contributed by atoms with van der Waals surface area (Å²) in [5.41, 5.74) is 0. The van der Waals surface area contributed by atoms with Crippen LogP contribution in [0.2, 0.25) is 0 Å². The summed E-state index contributed by atoms with van der Waals surface area (Å²) < 4.78 is 30.3. The first-order valence-electron chi connectivity index (χ1n) is 32.3. The minimum Gasteiger partial charge on any atom is -0.756 e. The number of allylic oxidation sites excluding steroid dienone is 25. The Bertz CT molecular complexity index is 1960. The second-order valence-corrected chi connectivity index (χ2v) is 23.6. The van der Waals surface area contributed by atoms with Crippen LogP contribution in [-0.4, -0.2) is 69.4 Å². The second-order valence-electron chi connectivity index (χ2n) is 22.1. The maximum Gasteiger partial charge on any atom is 0.306 e. The Morgan fingerprint density at radius 3 is 1.20 bits per heavy atom. The normalized spacial score (nSPS) is 14.7. The summed E-state index contributed by atoms with van der Waals surface area (Å²) in [6.45, 7) is 6.53. The minimum absolute atomic E-state index is 0.0460. The molecule has 0 radical (unpaired) electrons. The summed E-state index contributed by atoms with van der Waals surface area (Å²) in [4.78, 5) is 40.0. The number of hydrogen-bond acceptors (Lipinski definition) is 7. The van der Waals surface area contributed by atoms with Crippen molar-refractivity contribution in [1.82, 2.24) is 5.32 Å². The lowest BCUT2D eigenvalue weighted by molar-refractivity contribution is -0.870. The van der Waals surface area contributed by atoms with Crippen molar-refractivity contribution in [2.75, 3.05) is 40.9 Å². The fourth-order valence-corrected chi connectivity index (χ4v) is 9.04. The third kappa shape index (κ3) is 60.2. The molecule has 1 N–H and O–H groups in total. The number of phosphoric acid groups is 1. The van der Waals surface area contributed by atoms with Crippen molar-refractivity contribution in [1.29, 1.82) is 0 Å². The van der Waals surface area contributed by atoms with Gasteiger partial charge in [-0.2, -0.15) is 0 Å². The lowest BCUT2D eigenvalue weighted by Crippen LogP contribution is -2.47. The molecule has 0 aromatic carbocycles. The van der Waals surface area contributed by atoms with Crippen LogP contribution in [0.1, 0.15) is 233 Å². The van der Waals surface area contributed by atoms with Crippen molar-refractivity contribution in [3.63, 3.8) is 0 Å². The molecule has 1 amide bonds. The first kappa shape index (κ1) is 77.6. The van der Waals surface area contributed by atoms with Gasteiger partial charge in [-0.15, -0.1) is 0 Å². The minimum atomic E-state index is -4.73. The van der Waals surface area contributed by atoms with Gasteiger partial charge in [0.25, 0.3) is 7.82 Å². The van der Waals surface area contributed by atoms with Gasteiger partial charge in [0.15, 0.2) is 0 Å². The van der Waals surface area contributed by atoms with E-state index in [2.05, 4.69) is 160 Å². The van der Waals surface area contributed by atoms with Gasteiger partial charge in [0.2, 0.25) is 5.91 Å². The Balaban J connectivity index is 5.34. The molecule has 0 aliphatic carbocycles. The number of nitrogens with zero attached hydrogens (tertiary/aromatic N) is 1. The summed E-state index contributed by atoms with van der Waals surface area (Å²) >= 11 is 0. The van der Waals surface area contributed by atoms with Crippen LogP contribution in [0.15, 0.2) is 158 Å². The van der Waals surface area contributed by atoms with E-state index in [1.54, 1.807) is 6.08 Å². The summed E-state index contributed by atoms with van der Waals surface area (Å²) in [6, 6.07) is -0.940. The monoisotopic (exact) mass is 1150 g/mol. The van der Waals surface area contributed by atoms with E-state index in [0.717, 1.165) is 135 Å². The number of likely N-dealkylation sites (N-methyl/N-ethyl adjacent to an activating group) is 1. The van der Waals surface area contributed by atoms with Gasteiger partial charge in [-0.05, 0) is 122 Å². The number of quaternary nitrogens is 1. The maximum atomic E-state index is 13.6. The third-order valence-corrected chi connectivity index (χ3v) is 14.2. The molecule has 3 unspecified atom stereocenters. The van der Waals surface area contributed by atoms with Crippen LogP contribution in [0, 0.1) is 0 Å². The number of esters is 1. The van der Waals surface area contributed by atoms with Gasteiger partial charge in [0.05, 0.1) is 33.8 Å². The maximum absolute atomic E-state index is 13.6. The molecule has 0 aliphatic heterocycles. The van der Waals surface area contributed by atoms with Crippen molar-refractivity contribution < 1.29 is 37.3 Å². The predicted molar refractivity (Wildman–Crippen MR) is 352 cm³/mol. The molecule has 0 aromatic rings. The molecule has 3 atom stereocenters. The Labute approximate surface area is 503 Å². The average molecular weight is 1160 g/mol. The zero-order valence-corrected chi connectivity index (χ0v) is 53.8. The number of amides is 1. The molecule has 9 nitrogen and oxygen atoms in total. The van der Waals surface area contributed by atoms with Gasteiger partial charge in [0.1, 0.15) is 19.3 Å². The predicted octanol–water partition coefficient (Wildman–Crippen LogP) is 19.8. The van der Waals surface area contributed by atoms with Gasteiger partial charge in [-0.1, -0.05) is 256 Å². The van der Waals surface area contributed by atoms with Crippen LogP contribution in [0.5, 0.6) is 0 Å². The highest BCUT2D eigenvalue weighted by atomic mass is 31.2. The highest BCUT2D eigenvalue weighted by Crippen LogP contribution is 2.38. The van der Waals surface area contributed by atoms with Crippen LogP contribution < -0.4 is 10.2 Å². The van der Waals surface area contributed by atoms with Crippen molar-refractivity contribution in [2.45, 2.75) is 245 Å². The lowest BCUT2D eigenvalue weighted by Gasteiger charge is -2.30. The molecular formula is C72H119N2O7P. The number of rotatable bonds is 56. The molecule has 464 valence electrons. The number of hydrogen-bond donors (Lipinski definition) is 1. The lowest BCUT2D eigenvalue weighted by atomic mass is 10.0. The molecule has 0 aromatic heterocycles. The Morgan fingerprint density at radius 1 is 0.439 bits per heavy atom. The second kappa shape index (κ2) is 59.8. The number of phosphoric ester groups is 1. The highest BCUT2D eigenvalue weighted by Gasteiger charge is 2.27. The number of ether oxygens (including phenoxy) is 1. The molecule has 0 spiro atoms. The summed E-state index contributed by atoms with van der Waals surface area (Å²) in [5, 5.41) is 3.00. The molecule has 0 heterocycles. The van der Waals surface area contributed by atoms with Crippen LogP contribution in [0.3, 0.4) is 0 Å². The zero-order chi connectivity index (χ0) is 60.0. The molecule has 0 fully saturated rings. The zero-order valence-electron chi connectivity index (χ0n) is 52.9. The van der Waals surface area contributed by atoms with Crippen LogP contribution in [-0.2, 0) is 27.9 Å². The molecule has 10 heteroatoms. The van der Waals surface area contributed by atoms with Gasteiger partial charge in [-0.25, -0.2) is 0 Å². The Morgan fingerprint density at radius 2 is 0.793 bits per heavy atom. The van der Waals surface area contributed by atoms with E-state index in [-0.39, 0.29) is 25.4 Å². The molecule has 0 saturated heterocycles. The van der Waals surface area contributed by atoms with E-state index in [1.807, 2.05) is 39.4 Å². The SMILES string of the molecule is CC/C=C\C/C=C\C/C=C\C/C=C\C/C=C\C/C=C\CCCCCCCCC(=O)NC(COP(=O)([O-])OCC[N+](C)(C)C)C(/C=C\CCCCCCCCCCCC)OC(=O)CC/C=C\C/C=C\C/C=C\C/C=C\C/C=C\C/C=C\CC. The molecule has 0 rings (SSSR count). The van der Waals surface area contributed by atoms with E-state index in [1.165, 1.54) is 51.4 Å². The van der Waals surface area contributed by atoms with Crippen molar-refractivity contribution in [2.24, 2.45) is 0 Å². The standard InChI is InChI=1S/C72H119N2O7P/c1-7-10-13-16-19-22-25-28-30-32-34-35-36-37-38-39-41-42-44-46-49-52-55-58-61-64-71(75)73-69(68-80-82(77,78)79-67-66-74(4,5)6)70(63-60-57-54-51-48-27-24-21-18-15-12-9-3)81-72(76)65-62-59-56-53-50-47-45-43-40-33-31-29-26-23-20-17-14-11-8-2/h10-11,13-14,19-20,22-23,28-31,34-35,37-38,40-43,47,50,56,59-60,63,69-70H,7-9,12,15-18,21,24-27,32-33,36,39,44-46,48-49,51-55,57-58,61-62,64-68H2,1-6H3,(H-,73,75,77,78)/b13-10-,14-11-,22-19-,23-20-,30-28-,31-29-,35-34-,38-37-,42-41-,43-40-,50-47-,59-56-,63-60-. The average Bonchev–Trinajstić information content (AvgIpc) is 3.44. The van der Waals surface area contributed by atoms with Crippen molar-refractivity contribution in [3.05, 3.63) is 158 Å². The molecule has 0 bridgehead atoms. The van der Waals surface area contributed by atoms with Crippen molar-refractivity contribution in [3.8, 4) is 0 Å². The van der Waals surface area contributed by atoms with Gasteiger partial charge in [-0.3, -0.25) is 14.2 Å². The van der Waals surface area contributed by atoms with Crippen LogP contribution >= 0.6 is 7.82 Å². The Hall–Kier alpha value is -4.37. The van der Waals surface area contributed by atoms with E-state index in [0.29, 0.717) is 23.9 Å². The third-order valence-electron chi connectivity index (χ3n) is 13.2. The van der Waals surface area contributed by atoms with E-state index >= 15 is 0 Å². The first-order chi connectivity index (χ1) is 39.9. The fourth-order valence-electron chi connectivity index (χ4n) is 8.31. The quantitative estimate of drug-likeness (QED) is 0.0212. The topological polar surface area (TPSA) is 114 Å². The van der Waals surface area contributed by atoms with E-state index in [9.17, 15) is 19.0 Å². The molecule has 82 heavy (non-hydrogen) atoms. The Kier molecular flexibility index (Phi) is 56.6. The highest BCUT2D eigenvalue weighted by molar-refractivity contribution is 7.45. The first-order valence-corrected chi connectivity index (χ1v) is 33.8. The van der Waals surface area contributed by atoms with Gasteiger partial charge in [0, 0.05) is 12.8 Å². The van der Waals surface area contributed by atoms with Crippen LogP contribution in [0.25, 0.3) is 0 Å². The summed E-state index contributed by atoms with van der Waals surface area (Å²) in [5.74, 6) is -0.669. The van der Waals surface area contributed by atoms with Gasteiger partial charge < -0.3 is 28.5 Å². The molecular weight excluding hydrogens is 1040 g/mol. The molecule has 0 aliphatic rings. The number of carbonyl (C=O) groups excluding carboxylic acids is 2. The summed E-state index contributed by atoms with van der Waals surface area (Å²) in [7, 11) is 1.11. The van der Waals surface area contributed by atoms with Gasteiger partial charge >= 0.3 is 5.97 Å². The van der Waals surface area contributed by atoms with Crippen molar-refractivity contribution >= 4 is 19.7 Å². The number of carbonyl (C=O) groups is 2. The van der Waals surface area contributed by atoms with Crippen LogP contribution in [0.4, 0.5) is 0 Å². The number of nitrogens with one attached hydrogen (secondary N) is 1. The largest absolute Gasteiger partial charge is 0.756 e. The fraction of sp³-hybridized carbons (Fsp3) is 0.611. The smallest absolute Gasteiger partial charge is 0.306 e. The van der Waals surface area contributed by atoms with E-state index in [4.69, 9.17) is 13.8 Å². The summed E-state index contributed by atoms with van der Waals surface area (Å²) in [6.07, 6.45) is 88.0. The van der Waals surface area contributed by atoms with E-state index < -0.39 is 32.5 Å². The molecule has 0 saturated carbocycles. The number of unbranched alkanes of at least 4 members (excludes halogenated alkanes) is 16.